The molecule has 2 heteroatoms. The largest absolute Gasteiger partial charge is 0.309 e. The lowest BCUT2D eigenvalue weighted by Gasteiger charge is -2.17. The van der Waals surface area contributed by atoms with Gasteiger partial charge in [0.1, 0.15) is 0 Å². The highest BCUT2D eigenvalue weighted by Gasteiger charge is 2.10. The summed E-state index contributed by atoms with van der Waals surface area (Å²) in [5.41, 5.74) is 3.81. The van der Waals surface area contributed by atoms with Crippen molar-refractivity contribution in [3.05, 3.63) is 65.5 Å². The van der Waals surface area contributed by atoms with E-state index in [0.29, 0.717) is 0 Å². The van der Waals surface area contributed by atoms with E-state index in [1.54, 1.807) is 0 Å². The second-order valence-electron chi connectivity index (χ2n) is 3.92. The summed E-state index contributed by atoms with van der Waals surface area (Å²) in [6.07, 6.45) is 3.66. The number of nitrogens with zero attached hydrogens (tertiary/aromatic N) is 1. The van der Waals surface area contributed by atoms with Gasteiger partial charge in [-0.2, -0.15) is 0 Å². The van der Waals surface area contributed by atoms with Crippen molar-refractivity contribution in [1.29, 1.82) is 0 Å². The lowest BCUT2D eigenvalue weighted by atomic mass is 9.98. The van der Waals surface area contributed by atoms with Crippen LogP contribution in [0.15, 0.2) is 48.8 Å². The SMILES string of the molecule is CNC(c1ccncc1)c1cccc(C)c1. The minimum atomic E-state index is 0.239. The molecule has 16 heavy (non-hydrogen) atoms. The molecule has 1 atom stereocenters. The highest BCUT2D eigenvalue weighted by Crippen LogP contribution is 2.21. The summed E-state index contributed by atoms with van der Waals surface area (Å²) >= 11 is 0. The molecule has 1 unspecified atom stereocenters. The van der Waals surface area contributed by atoms with E-state index in [1.165, 1.54) is 16.7 Å². The van der Waals surface area contributed by atoms with Crippen LogP contribution in [0.5, 0.6) is 0 Å². The van der Waals surface area contributed by atoms with Crippen LogP contribution in [0.4, 0.5) is 0 Å². The number of aryl methyl sites for hydroxylation is 1. The van der Waals surface area contributed by atoms with Crippen molar-refractivity contribution in [2.45, 2.75) is 13.0 Å². The summed E-state index contributed by atoms with van der Waals surface area (Å²) < 4.78 is 0. The molecule has 2 aromatic rings. The zero-order valence-corrected chi connectivity index (χ0v) is 9.64. The number of aromatic nitrogens is 1. The lowest BCUT2D eigenvalue weighted by molar-refractivity contribution is 0.690. The van der Waals surface area contributed by atoms with Gasteiger partial charge in [-0.1, -0.05) is 29.8 Å². The zero-order valence-electron chi connectivity index (χ0n) is 9.64. The molecule has 0 aliphatic heterocycles. The van der Waals surface area contributed by atoms with Gasteiger partial charge in [0.25, 0.3) is 0 Å². The first kappa shape index (κ1) is 10.8. The van der Waals surface area contributed by atoms with Crippen molar-refractivity contribution in [1.82, 2.24) is 10.3 Å². The third kappa shape index (κ3) is 2.28. The van der Waals surface area contributed by atoms with Crippen LogP contribution in [-0.2, 0) is 0 Å². The summed E-state index contributed by atoms with van der Waals surface area (Å²) in [5.74, 6) is 0. The van der Waals surface area contributed by atoms with E-state index in [-0.39, 0.29) is 6.04 Å². The average molecular weight is 212 g/mol. The number of hydrogen-bond donors (Lipinski definition) is 1. The molecule has 0 radical (unpaired) electrons. The van der Waals surface area contributed by atoms with Gasteiger partial charge in [-0.25, -0.2) is 0 Å². The van der Waals surface area contributed by atoms with Gasteiger partial charge in [-0.05, 0) is 37.2 Å². The van der Waals surface area contributed by atoms with Crippen molar-refractivity contribution in [3.63, 3.8) is 0 Å². The monoisotopic (exact) mass is 212 g/mol. The van der Waals surface area contributed by atoms with E-state index in [1.807, 2.05) is 31.6 Å². The standard InChI is InChI=1S/C14H16N2/c1-11-4-3-5-13(10-11)14(15-2)12-6-8-16-9-7-12/h3-10,14-15H,1-2H3. The van der Waals surface area contributed by atoms with E-state index in [4.69, 9.17) is 0 Å². The first-order valence-corrected chi connectivity index (χ1v) is 5.45. The van der Waals surface area contributed by atoms with E-state index in [0.717, 1.165) is 0 Å². The Kier molecular flexibility index (Phi) is 3.32. The van der Waals surface area contributed by atoms with E-state index < -0.39 is 0 Å². The second kappa shape index (κ2) is 4.90. The summed E-state index contributed by atoms with van der Waals surface area (Å²) in [4.78, 5) is 4.05. The van der Waals surface area contributed by atoms with Crippen molar-refractivity contribution >= 4 is 0 Å². The molecule has 2 rings (SSSR count). The topological polar surface area (TPSA) is 24.9 Å². The summed E-state index contributed by atoms with van der Waals surface area (Å²) in [5, 5.41) is 3.33. The molecule has 2 nitrogen and oxygen atoms in total. The summed E-state index contributed by atoms with van der Waals surface area (Å²) in [7, 11) is 1.98. The molecular formula is C14H16N2. The molecule has 0 saturated heterocycles. The molecule has 1 aromatic heterocycles. The van der Waals surface area contributed by atoms with Crippen molar-refractivity contribution < 1.29 is 0 Å². The molecule has 0 amide bonds. The van der Waals surface area contributed by atoms with Crippen LogP contribution in [-0.4, -0.2) is 12.0 Å². The lowest BCUT2D eigenvalue weighted by Crippen LogP contribution is -2.17. The van der Waals surface area contributed by atoms with E-state index in [9.17, 15) is 0 Å². The Bertz CT molecular complexity index is 451. The van der Waals surface area contributed by atoms with Gasteiger partial charge >= 0.3 is 0 Å². The molecule has 0 aliphatic carbocycles. The number of rotatable bonds is 3. The highest BCUT2D eigenvalue weighted by molar-refractivity contribution is 5.32. The molecule has 0 aliphatic rings. The van der Waals surface area contributed by atoms with Crippen molar-refractivity contribution in [2.75, 3.05) is 7.05 Å². The number of pyridine rings is 1. The number of benzene rings is 1. The molecule has 82 valence electrons. The maximum absolute atomic E-state index is 4.05. The maximum Gasteiger partial charge on any atom is 0.0575 e. The minimum absolute atomic E-state index is 0.239. The summed E-state index contributed by atoms with van der Waals surface area (Å²) in [6.45, 7) is 2.11. The molecule has 0 saturated carbocycles. The number of hydrogen-bond acceptors (Lipinski definition) is 2. The Morgan fingerprint density at radius 2 is 1.81 bits per heavy atom. The number of nitrogens with one attached hydrogen (secondary N) is 1. The third-order valence-electron chi connectivity index (χ3n) is 2.70. The van der Waals surface area contributed by atoms with Crippen LogP contribution >= 0.6 is 0 Å². The van der Waals surface area contributed by atoms with E-state index >= 15 is 0 Å². The van der Waals surface area contributed by atoms with Crippen LogP contribution in [0.1, 0.15) is 22.7 Å². The molecule has 1 N–H and O–H groups in total. The zero-order chi connectivity index (χ0) is 11.4. The summed E-state index contributed by atoms with van der Waals surface area (Å²) in [6, 6.07) is 12.9. The second-order valence-corrected chi connectivity index (χ2v) is 3.92. The van der Waals surface area contributed by atoms with Gasteiger partial charge in [0.15, 0.2) is 0 Å². The molecule has 1 heterocycles. The Balaban J connectivity index is 2.37. The predicted molar refractivity (Wildman–Crippen MR) is 66.3 cm³/mol. The Morgan fingerprint density at radius 1 is 1.06 bits per heavy atom. The maximum atomic E-state index is 4.05. The minimum Gasteiger partial charge on any atom is -0.309 e. The fourth-order valence-corrected chi connectivity index (χ4v) is 1.93. The van der Waals surface area contributed by atoms with Gasteiger partial charge in [-0.15, -0.1) is 0 Å². The fraction of sp³-hybridized carbons (Fsp3) is 0.214. The van der Waals surface area contributed by atoms with Crippen LogP contribution in [0.3, 0.4) is 0 Å². The van der Waals surface area contributed by atoms with Crippen LogP contribution in [0, 0.1) is 6.92 Å². The average Bonchev–Trinajstić information content (AvgIpc) is 2.31. The molecule has 0 fully saturated rings. The smallest absolute Gasteiger partial charge is 0.0575 e. The van der Waals surface area contributed by atoms with E-state index in [2.05, 4.69) is 41.5 Å². The van der Waals surface area contributed by atoms with Gasteiger partial charge in [-0.3, -0.25) is 4.98 Å². The first-order valence-electron chi connectivity index (χ1n) is 5.45. The van der Waals surface area contributed by atoms with Gasteiger partial charge in [0.05, 0.1) is 6.04 Å². The Hall–Kier alpha value is -1.67. The predicted octanol–water partition coefficient (Wildman–Crippen LogP) is 2.70. The Morgan fingerprint density at radius 3 is 2.44 bits per heavy atom. The van der Waals surface area contributed by atoms with Gasteiger partial charge in [0.2, 0.25) is 0 Å². The van der Waals surface area contributed by atoms with Crippen molar-refractivity contribution in [3.8, 4) is 0 Å². The van der Waals surface area contributed by atoms with Crippen LogP contribution < -0.4 is 5.32 Å². The molecule has 0 bridgehead atoms. The Labute approximate surface area is 96.4 Å². The quantitative estimate of drug-likeness (QED) is 0.846. The first-order chi connectivity index (χ1) is 7.81. The van der Waals surface area contributed by atoms with Crippen LogP contribution in [0.25, 0.3) is 0 Å². The molecule has 1 aromatic carbocycles. The van der Waals surface area contributed by atoms with Gasteiger partial charge < -0.3 is 5.32 Å². The van der Waals surface area contributed by atoms with Crippen molar-refractivity contribution in [2.24, 2.45) is 0 Å². The highest BCUT2D eigenvalue weighted by atomic mass is 14.9. The molecular weight excluding hydrogens is 196 g/mol. The van der Waals surface area contributed by atoms with Crippen LogP contribution in [0.2, 0.25) is 0 Å². The third-order valence-corrected chi connectivity index (χ3v) is 2.70. The molecule has 0 spiro atoms. The fourth-order valence-electron chi connectivity index (χ4n) is 1.93. The normalized spacial score (nSPS) is 12.4. The van der Waals surface area contributed by atoms with Gasteiger partial charge in [0, 0.05) is 12.4 Å².